The second-order valence-corrected chi connectivity index (χ2v) is 4.01. The molecule has 0 spiro atoms. The molecule has 0 heterocycles. The second-order valence-electron chi connectivity index (χ2n) is 2.86. The fourth-order valence-electron chi connectivity index (χ4n) is 0.776. The van der Waals surface area contributed by atoms with Crippen molar-refractivity contribution in [2.75, 3.05) is 33.0 Å². The summed E-state index contributed by atoms with van der Waals surface area (Å²) in [4.78, 5) is 20.0. The third kappa shape index (κ3) is 24.7. The second kappa shape index (κ2) is 17.4. The summed E-state index contributed by atoms with van der Waals surface area (Å²) in [5.74, 6) is 0. The van der Waals surface area contributed by atoms with Gasteiger partial charge in [-0.3, -0.25) is 0 Å². The van der Waals surface area contributed by atoms with E-state index < -0.39 is 7.82 Å². The molecule has 0 bridgehead atoms. The van der Waals surface area contributed by atoms with Crippen LogP contribution in [0.5, 0.6) is 0 Å². The van der Waals surface area contributed by atoms with Gasteiger partial charge in [0, 0.05) is 6.61 Å². The van der Waals surface area contributed by atoms with Gasteiger partial charge in [-0.2, -0.15) is 0 Å². The molecule has 0 aromatic rings. The molecule has 0 fully saturated rings. The Balaban J connectivity index is -0.000000980. The van der Waals surface area contributed by atoms with Crippen molar-refractivity contribution >= 4 is 7.82 Å². The molecular formula is C8H17K2O6P. The van der Waals surface area contributed by atoms with Crippen LogP contribution in [0.1, 0.15) is 19.8 Å². The van der Waals surface area contributed by atoms with Crippen molar-refractivity contribution in [3.8, 4) is 0 Å². The van der Waals surface area contributed by atoms with Gasteiger partial charge in [0.15, 0.2) is 0 Å². The minimum Gasteiger partial charge on any atom is -0.790 e. The Labute approximate surface area is 188 Å². The van der Waals surface area contributed by atoms with Crippen molar-refractivity contribution in [2.45, 2.75) is 19.8 Å². The van der Waals surface area contributed by atoms with E-state index in [0.29, 0.717) is 19.8 Å². The normalized spacial score (nSPS) is 10.5. The van der Waals surface area contributed by atoms with Crippen LogP contribution in [0.2, 0.25) is 0 Å². The molecule has 0 radical (unpaired) electrons. The van der Waals surface area contributed by atoms with Crippen LogP contribution < -0.4 is 113 Å². The van der Waals surface area contributed by atoms with E-state index in [1.807, 2.05) is 0 Å². The van der Waals surface area contributed by atoms with E-state index in [9.17, 15) is 14.4 Å². The number of hydrogen-bond donors (Lipinski definition) is 0. The van der Waals surface area contributed by atoms with Crippen molar-refractivity contribution < 1.29 is 131 Å². The number of hydrogen-bond acceptors (Lipinski definition) is 6. The number of ether oxygens (including phenoxy) is 2. The summed E-state index contributed by atoms with van der Waals surface area (Å²) in [6.45, 7) is 3.44. The monoisotopic (exact) mass is 318 g/mol. The van der Waals surface area contributed by atoms with Crippen LogP contribution in [-0.4, -0.2) is 33.0 Å². The molecular weight excluding hydrogens is 301 g/mol. The number of phosphoric acid groups is 1. The van der Waals surface area contributed by atoms with E-state index in [2.05, 4.69) is 11.4 Å². The number of rotatable bonds is 10. The van der Waals surface area contributed by atoms with Crippen LogP contribution >= 0.6 is 7.82 Å². The summed E-state index contributed by atoms with van der Waals surface area (Å²) in [6.07, 6.45) is 2.09. The molecule has 0 aromatic carbocycles. The fraction of sp³-hybridized carbons (Fsp3) is 1.00. The Morgan fingerprint density at radius 1 is 0.941 bits per heavy atom. The zero-order valence-electron chi connectivity index (χ0n) is 10.8. The standard InChI is InChI=1S/C8H19O6P.2K/c1-2-3-4-12-5-6-13-7-8-14-15(9,10)11;;/h2-8H2,1H3,(H2,9,10,11);;/q;2*+1/p-2. The van der Waals surface area contributed by atoms with Crippen LogP contribution in [0, 0.1) is 0 Å². The first-order chi connectivity index (χ1) is 7.06. The molecule has 0 atom stereocenters. The molecule has 92 valence electrons. The van der Waals surface area contributed by atoms with Crippen LogP contribution in [0.3, 0.4) is 0 Å². The first-order valence-electron chi connectivity index (χ1n) is 4.88. The summed E-state index contributed by atoms with van der Waals surface area (Å²) in [5.41, 5.74) is 0. The molecule has 9 heteroatoms. The van der Waals surface area contributed by atoms with E-state index in [4.69, 9.17) is 9.47 Å². The molecule has 0 saturated heterocycles. The van der Waals surface area contributed by atoms with Gasteiger partial charge in [0.05, 0.1) is 34.3 Å². The Morgan fingerprint density at radius 2 is 1.41 bits per heavy atom. The van der Waals surface area contributed by atoms with Crippen molar-refractivity contribution in [3.63, 3.8) is 0 Å². The van der Waals surface area contributed by atoms with Gasteiger partial charge in [-0.25, -0.2) is 0 Å². The molecule has 0 amide bonds. The minimum atomic E-state index is -4.85. The van der Waals surface area contributed by atoms with E-state index in [1.54, 1.807) is 0 Å². The first-order valence-corrected chi connectivity index (χ1v) is 6.34. The predicted octanol–water partition coefficient (Wildman–Crippen LogP) is -6.33. The van der Waals surface area contributed by atoms with Gasteiger partial charge in [0.2, 0.25) is 0 Å². The van der Waals surface area contributed by atoms with Gasteiger partial charge >= 0.3 is 103 Å². The van der Waals surface area contributed by atoms with E-state index in [-0.39, 0.29) is 116 Å². The number of phosphoric ester groups is 1. The number of unbranched alkanes of at least 4 members (excludes halogenated alkanes) is 1. The Bertz CT molecular complexity index is 189. The third-order valence-corrected chi connectivity index (χ3v) is 1.99. The summed E-state index contributed by atoms with van der Waals surface area (Å²) in [5, 5.41) is 0. The Kier molecular flexibility index (Phi) is 25.8. The van der Waals surface area contributed by atoms with E-state index in [0.717, 1.165) is 12.8 Å². The average Bonchev–Trinajstić information content (AvgIpc) is 2.14. The summed E-state index contributed by atoms with van der Waals surface area (Å²) in [7, 11) is -4.85. The third-order valence-electron chi connectivity index (χ3n) is 1.49. The van der Waals surface area contributed by atoms with Crippen LogP contribution in [0.25, 0.3) is 0 Å². The van der Waals surface area contributed by atoms with Gasteiger partial charge in [0.25, 0.3) is 0 Å². The molecule has 0 aliphatic heterocycles. The quantitative estimate of drug-likeness (QED) is 0.226. The van der Waals surface area contributed by atoms with Crippen LogP contribution in [0.15, 0.2) is 0 Å². The SMILES string of the molecule is CCCCOCCOCCOP(=O)([O-])[O-].[K+].[K+]. The molecule has 0 aromatic heterocycles. The van der Waals surface area contributed by atoms with E-state index in [1.165, 1.54) is 0 Å². The topological polar surface area (TPSA) is 90.9 Å². The maximum absolute atomic E-state index is 10.0. The van der Waals surface area contributed by atoms with Gasteiger partial charge in [0.1, 0.15) is 0 Å². The first kappa shape index (κ1) is 25.3. The molecule has 6 nitrogen and oxygen atoms in total. The molecule has 0 unspecified atom stereocenters. The maximum atomic E-state index is 10.0. The molecule has 0 saturated carbocycles. The molecule has 0 N–H and O–H groups in total. The predicted molar refractivity (Wildman–Crippen MR) is 50.1 cm³/mol. The minimum absolute atomic E-state index is 0. The summed E-state index contributed by atoms with van der Waals surface area (Å²) < 4.78 is 24.1. The zero-order chi connectivity index (χ0) is 11.6. The fourth-order valence-corrected chi connectivity index (χ4v) is 1.07. The van der Waals surface area contributed by atoms with Gasteiger partial charge in [-0.1, -0.05) is 13.3 Å². The van der Waals surface area contributed by atoms with Crippen molar-refractivity contribution in [3.05, 3.63) is 0 Å². The van der Waals surface area contributed by atoms with Gasteiger partial charge in [-0.05, 0) is 6.42 Å². The summed E-state index contributed by atoms with van der Waals surface area (Å²) >= 11 is 0. The Hall–Kier alpha value is 3.30. The largest absolute Gasteiger partial charge is 1.00 e. The smallest absolute Gasteiger partial charge is 0.790 e. The van der Waals surface area contributed by atoms with Crippen molar-refractivity contribution in [2.24, 2.45) is 0 Å². The van der Waals surface area contributed by atoms with Gasteiger partial charge in [-0.15, -0.1) is 0 Å². The van der Waals surface area contributed by atoms with Crippen molar-refractivity contribution in [1.82, 2.24) is 0 Å². The van der Waals surface area contributed by atoms with Gasteiger partial charge < -0.3 is 28.3 Å². The average molecular weight is 318 g/mol. The Morgan fingerprint density at radius 3 is 1.88 bits per heavy atom. The van der Waals surface area contributed by atoms with Crippen LogP contribution in [0.4, 0.5) is 0 Å². The molecule has 17 heavy (non-hydrogen) atoms. The maximum Gasteiger partial charge on any atom is 1.00 e. The van der Waals surface area contributed by atoms with Crippen molar-refractivity contribution in [1.29, 1.82) is 0 Å². The van der Waals surface area contributed by atoms with Crippen LogP contribution in [-0.2, 0) is 18.6 Å². The molecule has 0 aliphatic rings. The molecule has 0 rings (SSSR count). The zero-order valence-corrected chi connectivity index (χ0v) is 18.0. The molecule has 0 aliphatic carbocycles. The van der Waals surface area contributed by atoms with E-state index >= 15 is 0 Å². The summed E-state index contributed by atoms with van der Waals surface area (Å²) in [6, 6.07) is 0.